The standard InChI is InChI=1S/C29H35Br.C24H25Br.C5H10Br2.C4H8O.24H2/c1-3-5-7-9-11-13-14-16-18-22-26-29(27-23-19-20-24-28-30)25-21-17-15-12-10-8-6-4-2;1-3-5-7-9-11-13-14-16-18-20-22-24(23-25)21-19-17-15-12-10-8-6-4-2;6-4-2-1-3-5-7;1-2-4-5-3-1;;;;;;;;;;;;;;;;;;;;;;;;/h1,29H,4,6,8,10,12,15,17,19-21,23-25,27-28H2,2H3;1,24H,4,6,8,10,12,15,17,19,21,23H2,2H3;1-5H2;1-4H2;24*1H. The molecule has 1 aliphatic heterocycles. The Morgan fingerprint density at radius 3 is 0.925 bits per heavy atom. The summed E-state index contributed by atoms with van der Waals surface area (Å²) in [6.07, 6.45) is 46.6. The van der Waals surface area contributed by atoms with Crippen molar-refractivity contribution in [2.75, 3.05) is 34.5 Å². The maximum absolute atomic E-state index is 5.00. The molecule has 1 saturated heterocycles. The Morgan fingerprint density at radius 2 is 0.627 bits per heavy atom. The quantitative estimate of drug-likeness (QED) is 0.0412. The van der Waals surface area contributed by atoms with E-state index in [2.05, 4.69) is 208 Å². The zero-order valence-corrected chi connectivity index (χ0v) is 47.6. The number of hydrogen-bond donors (Lipinski definition) is 0. The number of halogens is 4. The Labute approximate surface area is 483 Å². The van der Waals surface area contributed by atoms with E-state index in [0.717, 1.165) is 41.0 Å². The van der Waals surface area contributed by atoms with Crippen molar-refractivity contribution in [3.63, 3.8) is 0 Å². The van der Waals surface area contributed by atoms with E-state index in [9.17, 15) is 0 Å². The number of unbranched alkanes of at least 4 members (excludes halogenated alkanes) is 19. The molecule has 67 heavy (non-hydrogen) atoms. The van der Waals surface area contributed by atoms with Crippen LogP contribution in [-0.2, 0) is 4.74 Å². The zero-order valence-electron chi connectivity index (χ0n) is 41.3. The van der Waals surface area contributed by atoms with Gasteiger partial charge < -0.3 is 4.74 Å². The maximum Gasteiger partial charge on any atom is 0.0466 e. The number of ether oxygens (including phenoxy) is 1. The van der Waals surface area contributed by atoms with Crippen LogP contribution < -0.4 is 0 Å². The van der Waals surface area contributed by atoms with Crippen LogP contribution in [0, 0.1) is 155 Å². The van der Waals surface area contributed by atoms with Crippen molar-refractivity contribution < 1.29 is 39.0 Å². The minimum Gasteiger partial charge on any atom is -0.381 e. The van der Waals surface area contributed by atoms with E-state index < -0.39 is 0 Å². The molecule has 408 valence electrons. The number of terminal acetylenes is 2. The van der Waals surface area contributed by atoms with Gasteiger partial charge in [0.1, 0.15) is 0 Å². The molecule has 1 fully saturated rings. The summed E-state index contributed by atoms with van der Waals surface area (Å²) in [5.74, 6) is 59.0. The van der Waals surface area contributed by atoms with Gasteiger partial charge >= 0.3 is 0 Å². The van der Waals surface area contributed by atoms with Crippen molar-refractivity contribution in [2.45, 2.75) is 194 Å². The van der Waals surface area contributed by atoms with Crippen LogP contribution in [0.4, 0.5) is 0 Å². The van der Waals surface area contributed by atoms with Crippen LogP contribution in [0.1, 0.15) is 228 Å². The Bertz CT molecular complexity index is 1980. The predicted octanol–water partition coefficient (Wildman–Crippen LogP) is 22.0. The van der Waals surface area contributed by atoms with Gasteiger partial charge in [-0.25, -0.2) is 0 Å². The van der Waals surface area contributed by atoms with E-state index >= 15 is 0 Å². The van der Waals surface area contributed by atoms with Crippen LogP contribution in [0.3, 0.4) is 0 Å². The van der Waals surface area contributed by atoms with Crippen LogP contribution in [0.15, 0.2) is 0 Å². The fourth-order valence-corrected chi connectivity index (χ4v) is 7.70. The first-order valence-electron chi connectivity index (χ1n) is 24.8. The first kappa shape index (κ1) is 67.9. The molecule has 0 radical (unpaired) electrons. The third-order valence-electron chi connectivity index (χ3n) is 9.73. The summed E-state index contributed by atoms with van der Waals surface area (Å²) in [6.45, 7) is 6.52. The molecule has 0 spiro atoms. The van der Waals surface area contributed by atoms with Gasteiger partial charge in [-0.2, -0.15) is 0 Å². The average molecular weight is 1210 g/mol. The Kier molecular flexibility index (Phi) is 67.7. The van der Waals surface area contributed by atoms with Gasteiger partial charge in [-0.1, -0.05) is 218 Å². The van der Waals surface area contributed by atoms with Crippen molar-refractivity contribution in [3.05, 3.63) is 0 Å². The van der Waals surface area contributed by atoms with Crippen LogP contribution in [-0.4, -0.2) is 34.5 Å². The minimum absolute atomic E-state index is 0. The molecule has 1 nitrogen and oxygen atoms in total. The molecule has 0 bridgehead atoms. The highest BCUT2D eigenvalue weighted by molar-refractivity contribution is 9.09. The highest BCUT2D eigenvalue weighted by Gasteiger charge is 2.06. The minimum atomic E-state index is 0. The van der Waals surface area contributed by atoms with E-state index in [1.165, 1.54) is 173 Å². The van der Waals surface area contributed by atoms with E-state index in [0.29, 0.717) is 11.8 Å². The molecule has 0 aliphatic carbocycles. The summed E-state index contributed by atoms with van der Waals surface area (Å²) >= 11 is 13.8. The van der Waals surface area contributed by atoms with Crippen LogP contribution >= 0.6 is 63.7 Å². The van der Waals surface area contributed by atoms with Crippen molar-refractivity contribution >= 4 is 63.7 Å². The lowest BCUT2D eigenvalue weighted by Gasteiger charge is -2.10. The Morgan fingerprint density at radius 1 is 0.358 bits per heavy atom. The van der Waals surface area contributed by atoms with Crippen molar-refractivity contribution in [1.82, 2.24) is 0 Å². The molecule has 0 aromatic carbocycles. The van der Waals surface area contributed by atoms with Crippen molar-refractivity contribution in [2.24, 2.45) is 11.8 Å². The summed E-state index contributed by atoms with van der Waals surface area (Å²) in [5.41, 5.74) is 0. The third kappa shape index (κ3) is 66.9. The number of hydrogen-bond acceptors (Lipinski definition) is 1. The van der Waals surface area contributed by atoms with Crippen molar-refractivity contribution in [1.29, 1.82) is 0 Å². The fraction of sp³-hybridized carbons (Fsp3) is 0.613. The molecule has 1 rings (SSSR count). The molecule has 0 aromatic heterocycles. The lowest BCUT2D eigenvalue weighted by atomic mass is 9.94. The summed E-state index contributed by atoms with van der Waals surface area (Å²) < 4.78 is 4.94. The van der Waals surface area contributed by atoms with Gasteiger partial charge in [0.15, 0.2) is 0 Å². The lowest BCUT2D eigenvalue weighted by Crippen LogP contribution is -1.98. The van der Waals surface area contributed by atoms with E-state index in [-0.39, 0.29) is 34.2 Å². The van der Waals surface area contributed by atoms with Gasteiger partial charge in [0, 0.05) is 80.6 Å². The van der Waals surface area contributed by atoms with Crippen LogP contribution in [0.5, 0.6) is 0 Å². The van der Waals surface area contributed by atoms with Crippen LogP contribution in [0.2, 0.25) is 0 Å². The van der Waals surface area contributed by atoms with Gasteiger partial charge in [-0.15, -0.1) is 12.8 Å². The highest BCUT2D eigenvalue weighted by atomic mass is 79.9. The smallest absolute Gasteiger partial charge is 0.0466 e. The van der Waals surface area contributed by atoms with E-state index in [1.54, 1.807) is 0 Å². The van der Waals surface area contributed by atoms with Gasteiger partial charge in [0.05, 0.1) is 0 Å². The molecule has 5 heteroatoms. The van der Waals surface area contributed by atoms with Gasteiger partial charge in [-0.3, -0.25) is 0 Å². The van der Waals surface area contributed by atoms with Crippen molar-refractivity contribution in [3.8, 4) is 143 Å². The molecule has 2 unspecified atom stereocenters. The summed E-state index contributed by atoms with van der Waals surface area (Å²) in [5, 5.41) is 4.30. The monoisotopic (exact) mass is 1200 g/mol. The zero-order chi connectivity index (χ0) is 49.5. The topological polar surface area (TPSA) is 9.23 Å². The van der Waals surface area contributed by atoms with Crippen LogP contribution in [0.25, 0.3) is 0 Å². The fourth-order valence-electron chi connectivity index (χ4n) is 6.03. The highest BCUT2D eigenvalue weighted by Crippen LogP contribution is 2.19. The van der Waals surface area contributed by atoms with Gasteiger partial charge in [-0.05, 0) is 170 Å². The molecule has 0 amide bonds. The first-order valence-corrected chi connectivity index (χ1v) is 29.3. The maximum atomic E-state index is 5.00. The molecule has 0 aromatic rings. The Balaban J connectivity index is -0.0000000248. The summed E-state index contributed by atoms with van der Waals surface area (Å²) in [7, 11) is 0. The molecule has 1 heterocycles. The lowest BCUT2D eigenvalue weighted by molar-refractivity contribution is 0.198. The second kappa shape index (κ2) is 66.9. The molecular weight excluding hydrogens is 1080 g/mol. The normalized spacial score (nSPS) is 10.4. The predicted molar refractivity (Wildman–Crippen MR) is 360 cm³/mol. The molecule has 0 N–H and O–H groups in total. The van der Waals surface area contributed by atoms with Gasteiger partial charge in [0.2, 0.25) is 0 Å². The van der Waals surface area contributed by atoms with Gasteiger partial charge in [0.25, 0.3) is 0 Å². The summed E-state index contributed by atoms with van der Waals surface area (Å²) in [6, 6.07) is 0. The summed E-state index contributed by atoms with van der Waals surface area (Å²) in [4.78, 5) is 0. The second-order valence-corrected chi connectivity index (χ2v) is 18.6. The third-order valence-corrected chi connectivity index (χ3v) is 12.2. The molecule has 2 atom stereocenters. The molecule has 1 aliphatic rings. The molecule has 0 saturated carbocycles. The molecular formula is C62H126Br4O. The number of alkyl halides is 4. The average Bonchev–Trinajstić information content (AvgIpc) is 3.95. The first-order chi connectivity index (χ1) is 33.1. The number of rotatable bonds is 29. The van der Waals surface area contributed by atoms with E-state index in [4.69, 9.17) is 17.6 Å². The largest absolute Gasteiger partial charge is 0.381 e. The Hall–Kier alpha value is -3.40. The SMILES string of the molecule is BrCCCCCBr.C#CC#CC#CC#CC#CC#CC(CBr)CCCCCCCCCC.C#CC#CC#CC#CC#CC#CC(CCCCCCBr)CCCCCCCCCC.C1CCOC1.[HH].[HH].[HH].[HH].[HH].[HH].[HH].[HH].[HH].[HH].[HH].[HH].[HH].[HH].[HH].[HH].[HH].[HH].[HH].[HH].[HH].[HH].[HH].[HH]. The second-order valence-electron chi connectivity index (χ2n) is 15.6. The van der Waals surface area contributed by atoms with E-state index in [1.807, 2.05) is 0 Å².